The molecule has 2 N–H and O–H groups in total. The largest absolute Gasteiger partial charge is 0.402 e. The summed E-state index contributed by atoms with van der Waals surface area (Å²) in [6.45, 7) is 11.8. The second kappa shape index (κ2) is 3.93. The third-order valence-corrected chi connectivity index (χ3v) is 7.80. The van der Waals surface area contributed by atoms with Gasteiger partial charge in [-0.2, -0.15) is 0 Å². The van der Waals surface area contributed by atoms with Crippen molar-refractivity contribution < 1.29 is 9.53 Å². The zero-order chi connectivity index (χ0) is 11.0. The fourth-order valence-electron chi connectivity index (χ4n) is 1.30. The van der Waals surface area contributed by atoms with Crippen molar-refractivity contribution in [2.45, 2.75) is 57.7 Å². The van der Waals surface area contributed by atoms with E-state index in [-0.39, 0.29) is 17.4 Å². The number of aliphatic hydroxyl groups is 1. The van der Waals surface area contributed by atoms with Gasteiger partial charge < -0.3 is 9.53 Å². The van der Waals surface area contributed by atoms with Crippen molar-refractivity contribution in [3.05, 3.63) is 0 Å². The molecule has 1 saturated heterocycles. The van der Waals surface area contributed by atoms with Gasteiger partial charge in [0, 0.05) is 13.0 Å². The lowest BCUT2D eigenvalue weighted by Crippen LogP contribution is -2.46. The van der Waals surface area contributed by atoms with Gasteiger partial charge in [0.2, 0.25) is 0 Å². The number of β-amino-alcohol motifs (C(OH)–C–C–N with tert-alkyl or cyclic N) is 1. The van der Waals surface area contributed by atoms with E-state index < -0.39 is 8.32 Å². The lowest BCUT2D eigenvalue weighted by molar-refractivity contribution is 0.137. The summed E-state index contributed by atoms with van der Waals surface area (Å²) in [4.78, 5) is 0. The Labute approximate surface area is 88.0 Å². The van der Waals surface area contributed by atoms with Crippen LogP contribution in [0.3, 0.4) is 0 Å². The van der Waals surface area contributed by atoms with Crippen LogP contribution in [0.25, 0.3) is 0 Å². The highest BCUT2D eigenvalue weighted by molar-refractivity contribution is 6.74. The topological polar surface area (TPSA) is 41.5 Å². The van der Waals surface area contributed by atoms with Gasteiger partial charge in [0.1, 0.15) is 0 Å². The minimum atomic E-state index is -1.67. The van der Waals surface area contributed by atoms with Gasteiger partial charge in [-0.15, -0.1) is 0 Å². The summed E-state index contributed by atoms with van der Waals surface area (Å²) in [5.74, 6) is 0. The van der Waals surface area contributed by atoms with Crippen LogP contribution in [-0.4, -0.2) is 32.3 Å². The summed E-state index contributed by atoms with van der Waals surface area (Å²) in [6, 6.07) is 0. The molecule has 3 nitrogen and oxygen atoms in total. The average molecular weight is 217 g/mol. The average Bonchev–Trinajstić information content (AvgIpc) is 2.31. The maximum atomic E-state index is 9.37. The third kappa shape index (κ3) is 2.79. The Bertz CT molecular complexity index is 201. The quantitative estimate of drug-likeness (QED) is 0.692. The van der Waals surface area contributed by atoms with Crippen LogP contribution in [0.15, 0.2) is 0 Å². The third-order valence-electron chi connectivity index (χ3n) is 3.31. The molecule has 0 aliphatic carbocycles. The molecule has 1 heterocycles. The molecule has 1 rings (SSSR count). The molecule has 0 spiro atoms. The molecule has 0 aromatic heterocycles. The van der Waals surface area contributed by atoms with Gasteiger partial charge in [0.15, 0.2) is 8.32 Å². The molecule has 4 heteroatoms. The summed E-state index contributed by atoms with van der Waals surface area (Å²) in [5.41, 5.74) is 0. The van der Waals surface area contributed by atoms with Gasteiger partial charge in [-0.1, -0.05) is 20.8 Å². The second-order valence-electron chi connectivity index (χ2n) is 5.66. The van der Waals surface area contributed by atoms with E-state index in [4.69, 9.17) is 4.43 Å². The fourth-order valence-corrected chi connectivity index (χ4v) is 2.55. The van der Waals surface area contributed by atoms with Crippen LogP contribution in [0.5, 0.6) is 0 Å². The zero-order valence-electron chi connectivity index (χ0n) is 9.92. The van der Waals surface area contributed by atoms with Crippen LogP contribution in [0.4, 0.5) is 0 Å². The fraction of sp³-hybridized carbons (Fsp3) is 1.00. The molecule has 0 aromatic rings. The smallest absolute Gasteiger partial charge is 0.194 e. The molecule has 0 amide bonds. The first-order valence-corrected chi connectivity index (χ1v) is 8.22. The highest BCUT2D eigenvalue weighted by Gasteiger charge is 2.40. The van der Waals surface area contributed by atoms with Crippen molar-refractivity contribution in [2.24, 2.45) is 0 Å². The lowest BCUT2D eigenvalue weighted by Gasteiger charge is -2.38. The van der Waals surface area contributed by atoms with E-state index in [0.717, 1.165) is 6.42 Å². The molecular formula is C10H23NO2Si. The minimum absolute atomic E-state index is 0.0610. The van der Waals surface area contributed by atoms with Crippen LogP contribution in [0.2, 0.25) is 18.1 Å². The molecule has 84 valence electrons. The van der Waals surface area contributed by atoms with Crippen molar-refractivity contribution in [3.63, 3.8) is 0 Å². The summed E-state index contributed by atoms with van der Waals surface area (Å²) >= 11 is 0. The first-order valence-electron chi connectivity index (χ1n) is 5.31. The van der Waals surface area contributed by atoms with Gasteiger partial charge in [-0.25, -0.2) is 0 Å². The van der Waals surface area contributed by atoms with Gasteiger partial charge in [-0.3, -0.25) is 5.32 Å². The standard InChI is InChI=1S/C10H23NO2Si/c1-10(2,3)14(4,5)13-9-6-8(12)7-11-9/h8-9,11-12H,6-7H2,1-5H3/t8-,9-/m0/s1. The molecule has 0 aromatic carbocycles. The molecule has 1 aliphatic heterocycles. The Hall–Kier alpha value is 0.0969. The van der Waals surface area contributed by atoms with E-state index in [1.165, 1.54) is 0 Å². The van der Waals surface area contributed by atoms with Gasteiger partial charge in [0.05, 0.1) is 12.3 Å². The number of hydrogen-bond acceptors (Lipinski definition) is 3. The van der Waals surface area contributed by atoms with Crippen LogP contribution in [0, 0.1) is 0 Å². The number of aliphatic hydroxyl groups excluding tert-OH is 1. The monoisotopic (exact) mass is 217 g/mol. The van der Waals surface area contributed by atoms with E-state index in [1.54, 1.807) is 0 Å². The molecule has 0 bridgehead atoms. The van der Waals surface area contributed by atoms with Crippen molar-refractivity contribution in [3.8, 4) is 0 Å². The number of nitrogens with one attached hydrogen (secondary N) is 1. The van der Waals surface area contributed by atoms with E-state index in [0.29, 0.717) is 6.54 Å². The predicted molar refractivity (Wildman–Crippen MR) is 60.7 cm³/mol. The van der Waals surface area contributed by atoms with E-state index in [1.807, 2.05) is 0 Å². The van der Waals surface area contributed by atoms with Crippen LogP contribution < -0.4 is 5.32 Å². The molecular weight excluding hydrogens is 194 g/mol. The first kappa shape index (κ1) is 12.2. The van der Waals surface area contributed by atoms with E-state index in [9.17, 15) is 5.11 Å². The van der Waals surface area contributed by atoms with Gasteiger partial charge >= 0.3 is 0 Å². The summed E-state index contributed by atoms with van der Waals surface area (Å²) < 4.78 is 6.10. The lowest BCUT2D eigenvalue weighted by atomic mass is 10.2. The number of rotatable bonds is 2. The predicted octanol–water partition coefficient (Wildman–Crippen LogP) is 1.69. The highest BCUT2D eigenvalue weighted by Crippen LogP contribution is 2.37. The molecule has 0 unspecified atom stereocenters. The Morgan fingerprint density at radius 3 is 2.29 bits per heavy atom. The second-order valence-corrected chi connectivity index (χ2v) is 10.4. The first-order chi connectivity index (χ1) is 6.22. The van der Waals surface area contributed by atoms with Crippen LogP contribution in [-0.2, 0) is 4.43 Å². The molecule has 0 saturated carbocycles. The summed E-state index contributed by atoms with van der Waals surface area (Å²) in [6.07, 6.45) is 0.558. The summed E-state index contributed by atoms with van der Waals surface area (Å²) in [5, 5.41) is 12.8. The molecule has 2 atom stereocenters. The maximum Gasteiger partial charge on any atom is 0.194 e. The molecule has 0 radical (unpaired) electrons. The van der Waals surface area contributed by atoms with Crippen LogP contribution in [0.1, 0.15) is 27.2 Å². The molecule has 1 fully saturated rings. The van der Waals surface area contributed by atoms with E-state index >= 15 is 0 Å². The Morgan fingerprint density at radius 1 is 1.36 bits per heavy atom. The Balaban J connectivity index is 2.51. The Kier molecular flexibility index (Phi) is 3.41. The van der Waals surface area contributed by atoms with Gasteiger partial charge in [-0.05, 0) is 18.1 Å². The number of hydrogen-bond donors (Lipinski definition) is 2. The van der Waals surface area contributed by atoms with Crippen molar-refractivity contribution in [1.29, 1.82) is 0 Å². The molecule has 14 heavy (non-hydrogen) atoms. The zero-order valence-corrected chi connectivity index (χ0v) is 10.9. The van der Waals surface area contributed by atoms with Crippen molar-refractivity contribution >= 4 is 8.32 Å². The Morgan fingerprint density at radius 2 is 1.93 bits per heavy atom. The minimum Gasteiger partial charge on any atom is -0.402 e. The van der Waals surface area contributed by atoms with Gasteiger partial charge in [0.25, 0.3) is 0 Å². The summed E-state index contributed by atoms with van der Waals surface area (Å²) in [7, 11) is -1.67. The van der Waals surface area contributed by atoms with Crippen LogP contribution >= 0.6 is 0 Å². The SMILES string of the molecule is CC(C)(C)[Si](C)(C)O[C@H]1C[C@H](O)CN1. The normalized spacial score (nSPS) is 29.6. The van der Waals surface area contributed by atoms with Crippen molar-refractivity contribution in [1.82, 2.24) is 5.32 Å². The molecule has 1 aliphatic rings. The van der Waals surface area contributed by atoms with Crippen molar-refractivity contribution in [2.75, 3.05) is 6.54 Å². The highest BCUT2D eigenvalue weighted by atomic mass is 28.4. The maximum absolute atomic E-state index is 9.37. The van der Waals surface area contributed by atoms with E-state index in [2.05, 4.69) is 39.2 Å².